The summed E-state index contributed by atoms with van der Waals surface area (Å²) >= 11 is 0. The molecule has 0 saturated heterocycles. The van der Waals surface area contributed by atoms with Gasteiger partial charge >= 0.3 is 17.7 Å². The zero-order chi connectivity index (χ0) is 25.9. The van der Waals surface area contributed by atoms with Gasteiger partial charge in [-0.1, -0.05) is 6.07 Å². The molecule has 3 rings (SSSR count). The molecule has 10 heteroatoms. The number of anilines is 2. The number of benzene rings is 1. The Balaban J connectivity index is 1.81. The lowest BCUT2D eigenvalue weighted by Crippen LogP contribution is -2.44. The zero-order valence-corrected chi connectivity index (χ0v) is 21.0. The van der Waals surface area contributed by atoms with Gasteiger partial charge in [0.05, 0.1) is 16.9 Å². The van der Waals surface area contributed by atoms with Gasteiger partial charge in [-0.2, -0.15) is 4.98 Å². The van der Waals surface area contributed by atoms with Crippen molar-refractivity contribution in [2.24, 2.45) is 0 Å². The minimum Gasteiger partial charge on any atom is -0.444 e. The van der Waals surface area contributed by atoms with Crippen LogP contribution in [-0.4, -0.2) is 40.7 Å². The van der Waals surface area contributed by atoms with Gasteiger partial charge in [-0.25, -0.2) is 9.59 Å². The molecule has 0 spiro atoms. The van der Waals surface area contributed by atoms with Gasteiger partial charge in [-0.3, -0.25) is 15.1 Å². The van der Waals surface area contributed by atoms with E-state index in [0.717, 1.165) is 5.56 Å². The molecule has 1 aromatic carbocycles. The monoisotopic (exact) mass is 481 g/mol. The van der Waals surface area contributed by atoms with Crippen molar-refractivity contribution in [3.05, 3.63) is 58.2 Å². The van der Waals surface area contributed by atoms with Gasteiger partial charge in [0.25, 0.3) is 0 Å². The second kappa shape index (κ2) is 10.1. The minimum absolute atomic E-state index is 0.00596. The number of hydrogen-bond acceptors (Lipinski definition) is 8. The van der Waals surface area contributed by atoms with Crippen molar-refractivity contribution in [1.82, 2.24) is 15.3 Å². The smallest absolute Gasteiger partial charge is 0.412 e. The van der Waals surface area contributed by atoms with Crippen LogP contribution in [0.5, 0.6) is 0 Å². The fraction of sp³-hybridized carbons (Fsp3) is 0.400. The fourth-order valence-corrected chi connectivity index (χ4v) is 3.40. The van der Waals surface area contributed by atoms with E-state index in [2.05, 4.69) is 20.6 Å². The molecule has 2 heterocycles. The van der Waals surface area contributed by atoms with Crippen molar-refractivity contribution >= 4 is 34.6 Å². The van der Waals surface area contributed by atoms with E-state index in [1.54, 1.807) is 72.3 Å². The highest BCUT2D eigenvalue weighted by atomic mass is 16.6. The molecular weight excluding hydrogens is 450 g/mol. The van der Waals surface area contributed by atoms with Crippen LogP contribution in [0.25, 0.3) is 10.9 Å². The van der Waals surface area contributed by atoms with E-state index >= 15 is 0 Å². The highest BCUT2D eigenvalue weighted by Gasteiger charge is 2.25. The Morgan fingerprint density at radius 3 is 2.51 bits per heavy atom. The maximum atomic E-state index is 12.9. The summed E-state index contributed by atoms with van der Waals surface area (Å²) in [6.07, 6.45) is 2.73. The molecule has 0 aliphatic rings. The standard InChI is InChI=1S/C25H31N5O5/c1-14-18(29-24(33)35-25(4,5)6)10-11-19-20(14)22(32)34-23(28-19)30(7)16(3)21(31)27-15(2)17-9-8-12-26-13-17/h8-13,15-16H,1-7H3,(H,27,31)(H,29,33)/t15?,16-/m0/s1. The summed E-state index contributed by atoms with van der Waals surface area (Å²) in [5.74, 6) is -0.263. The van der Waals surface area contributed by atoms with Gasteiger partial charge < -0.3 is 19.4 Å². The summed E-state index contributed by atoms with van der Waals surface area (Å²) in [6.45, 7) is 10.5. The normalized spacial score (nSPS) is 13.1. The van der Waals surface area contributed by atoms with Crippen LogP contribution in [0.3, 0.4) is 0 Å². The topological polar surface area (TPSA) is 127 Å². The van der Waals surface area contributed by atoms with Crippen LogP contribution in [0.4, 0.5) is 16.5 Å². The number of likely N-dealkylation sites (N-methyl/N-ethyl adjacent to an activating group) is 1. The first-order valence-corrected chi connectivity index (χ1v) is 11.2. The Morgan fingerprint density at radius 2 is 1.89 bits per heavy atom. The van der Waals surface area contributed by atoms with E-state index in [0.29, 0.717) is 16.8 Å². The molecule has 3 aromatic rings. The highest BCUT2D eigenvalue weighted by Crippen LogP contribution is 2.25. The van der Waals surface area contributed by atoms with Crippen LogP contribution in [0, 0.1) is 6.92 Å². The van der Waals surface area contributed by atoms with Crippen LogP contribution in [0.2, 0.25) is 0 Å². The van der Waals surface area contributed by atoms with E-state index in [9.17, 15) is 14.4 Å². The number of fused-ring (bicyclic) bond motifs is 1. The average molecular weight is 482 g/mol. The number of amides is 2. The quantitative estimate of drug-likeness (QED) is 0.542. The van der Waals surface area contributed by atoms with Crippen molar-refractivity contribution in [2.45, 2.75) is 59.2 Å². The lowest BCUT2D eigenvalue weighted by atomic mass is 10.1. The molecule has 0 radical (unpaired) electrons. The number of rotatable bonds is 6. The second-order valence-electron chi connectivity index (χ2n) is 9.35. The third-order valence-corrected chi connectivity index (χ3v) is 5.49. The van der Waals surface area contributed by atoms with E-state index in [1.807, 2.05) is 13.0 Å². The predicted molar refractivity (Wildman–Crippen MR) is 134 cm³/mol. The van der Waals surface area contributed by atoms with Crippen LogP contribution in [-0.2, 0) is 9.53 Å². The molecule has 0 bridgehead atoms. The first-order valence-electron chi connectivity index (χ1n) is 11.2. The molecule has 186 valence electrons. The van der Waals surface area contributed by atoms with Crippen molar-refractivity contribution in [3.63, 3.8) is 0 Å². The molecule has 10 nitrogen and oxygen atoms in total. The summed E-state index contributed by atoms with van der Waals surface area (Å²) in [5.41, 5.74) is 0.884. The van der Waals surface area contributed by atoms with Crippen molar-refractivity contribution in [3.8, 4) is 0 Å². The summed E-state index contributed by atoms with van der Waals surface area (Å²) in [5, 5.41) is 5.81. The van der Waals surface area contributed by atoms with Gasteiger partial charge in [0, 0.05) is 25.1 Å². The third kappa shape index (κ3) is 6.14. The average Bonchev–Trinajstić information content (AvgIpc) is 2.78. The Morgan fingerprint density at radius 1 is 1.17 bits per heavy atom. The molecule has 1 unspecified atom stereocenters. The van der Waals surface area contributed by atoms with Gasteiger partial charge in [-0.15, -0.1) is 0 Å². The number of nitrogens with one attached hydrogen (secondary N) is 2. The van der Waals surface area contributed by atoms with Crippen LogP contribution in [0.15, 0.2) is 45.9 Å². The molecule has 0 saturated carbocycles. The third-order valence-electron chi connectivity index (χ3n) is 5.49. The molecule has 0 fully saturated rings. The Hall–Kier alpha value is -3.95. The van der Waals surface area contributed by atoms with Gasteiger partial charge in [-0.05, 0) is 70.9 Å². The van der Waals surface area contributed by atoms with Crippen molar-refractivity contribution in [1.29, 1.82) is 0 Å². The number of carbonyl (C=O) groups is 2. The number of nitrogens with zero attached hydrogens (tertiary/aromatic N) is 3. The molecule has 2 N–H and O–H groups in total. The lowest BCUT2D eigenvalue weighted by Gasteiger charge is -2.25. The van der Waals surface area contributed by atoms with Crippen molar-refractivity contribution in [2.75, 3.05) is 17.3 Å². The molecule has 2 atom stereocenters. The largest absolute Gasteiger partial charge is 0.444 e. The van der Waals surface area contributed by atoms with Crippen LogP contribution >= 0.6 is 0 Å². The van der Waals surface area contributed by atoms with E-state index in [4.69, 9.17) is 9.15 Å². The van der Waals surface area contributed by atoms with Crippen molar-refractivity contribution < 1.29 is 18.7 Å². The molecule has 0 aliphatic carbocycles. The number of aromatic nitrogens is 2. The van der Waals surface area contributed by atoms with Crippen LogP contribution in [0.1, 0.15) is 51.8 Å². The summed E-state index contributed by atoms with van der Waals surface area (Å²) < 4.78 is 10.7. The van der Waals surface area contributed by atoms with E-state index < -0.39 is 23.4 Å². The number of carbonyl (C=O) groups excluding carboxylic acids is 2. The SMILES string of the molecule is Cc1c(NC(=O)OC(C)(C)C)ccc2nc(N(C)[C@@H](C)C(=O)NC(C)c3cccnc3)oc(=O)c12. The molecule has 2 aromatic heterocycles. The number of ether oxygens (including phenoxy) is 1. The number of aryl methyl sites for hydroxylation is 1. The predicted octanol–water partition coefficient (Wildman–Crippen LogP) is 3.94. The summed E-state index contributed by atoms with van der Waals surface area (Å²) in [7, 11) is 1.63. The molecule has 35 heavy (non-hydrogen) atoms. The molecule has 2 amide bonds. The minimum atomic E-state index is -0.670. The van der Waals surface area contributed by atoms with Gasteiger partial charge in [0.1, 0.15) is 11.6 Å². The Bertz CT molecular complexity index is 1280. The van der Waals surface area contributed by atoms with E-state index in [-0.39, 0.29) is 23.3 Å². The Kier molecular flexibility index (Phi) is 7.42. The highest BCUT2D eigenvalue weighted by molar-refractivity contribution is 5.93. The maximum absolute atomic E-state index is 12.9. The zero-order valence-electron chi connectivity index (χ0n) is 21.0. The Labute approximate surface area is 203 Å². The summed E-state index contributed by atoms with van der Waals surface area (Å²) in [4.78, 5) is 47.8. The molecular formula is C25H31N5O5. The molecule has 0 aliphatic heterocycles. The fourth-order valence-electron chi connectivity index (χ4n) is 3.40. The first kappa shape index (κ1) is 25.7. The number of pyridine rings is 1. The second-order valence-corrected chi connectivity index (χ2v) is 9.35. The maximum Gasteiger partial charge on any atom is 0.412 e. The lowest BCUT2D eigenvalue weighted by molar-refractivity contribution is -0.122. The van der Waals surface area contributed by atoms with Crippen LogP contribution < -0.4 is 21.2 Å². The first-order chi connectivity index (χ1) is 16.4. The van der Waals surface area contributed by atoms with E-state index in [1.165, 1.54) is 4.90 Å². The van der Waals surface area contributed by atoms with Gasteiger partial charge in [0.2, 0.25) is 5.91 Å². The van der Waals surface area contributed by atoms with Gasteiger partial charge in [0.15, 0.2) is 0 Å². The summed E-state index contributed by atoms with van der Waals surface area (Å²) in [6, 6.07) is 6.02. The number of hydrogen-bond donors (Lipinski definition) is 2.